The number of nitrogens with zero attached hydrogens (tertiary/aromatic N) is 8. The number of hydrogen-bond donors (Lipinski definition) is 7. The van der Waals surface area contributed by atoms with Crippen LogP contribution in [0.15, 0.2) is 40.1 Å². The molecule has 0 aliphatic heterocycles. The van der Waals surface area contributed by atoms with E-state index in [0.717, 1.165) is 18.2 Å². The van der Waals surface area contributed by atoms with Crippen molar-refractivity contribution in [3.8, 4) is 22.8 Å². The Balaban J connectivity index is 1.78. The van der Waals surface area contributed by atoms with Crippen molar-refractivity contribution in [2.75, 3.05) is 69.0 Å². The zero-order valence-electron chi connectivity index (χ0n) is 27.9. The van der Waals surface area contributed by atoms with Crippen LogP contribution in [0, 0.1) is 0 Å². The number of anilines is 3. The smallest absolute Gasteiger partial charge is 0.297 e. The van der Waals surface area contributed by atoms with E-state index < -0.39 is 78.7 Å². The quantitative estimate of drug-likeness (QED) is 0.0271. The summed E-state index contributed by atoms with van der Waals surface area (Å²) < 4.78 is 70.7. The van der Waals surface area contributed by atoms with Crippen LogP contribution in [0.4, 0.5) is 17.6 Å². The van der Waals surface area contributed by atoms with Gasteiger partial charge in [-0.3, -0.25) is 9.11 Å². The molecule has 298 valence electrons. The van der Waals surface area contributed by atoms with Crippen LogP contribution >= 0.6 is 23.2 Å². The third-order valence-corrected chi connectivity index (χ3v) is 8.66. The number of hydrogen-bond acceptors (Lipinski definition) is 21. The predicted octanol–water partition coefficient (Wildman–Crippen LogP) is 0.252. The van der Waals surface area contributed by atoms with Crippen molar-refractivity contribution in [1.29, 1.82) is 0 Å². The fourth-order valence-corrected chi connectivity index (χ4v) is 6.18. The molecule has 0 saturated carbocycles. The molecule has 0 aliphatic carbocycles. The molecular formula is C28H31Cl2N9O14S2. The fraction of sp³-hybridized carbons (Fsp3) is 0.286. The second-order valence-electron chi connectivity index (χ2n) is 10.2. The van der Waals surface area contributed by atoms with Gasteiger partial charge in [-0.15, -0.1) is 0 Å². The number of benzene rings is 2. The maximum Gasteiger partial charge on any atom is 0.297 e. The summed E-state index contributed by atoms with van der Waals surface area (Å²) in [6.07, 6.45) is 2.18. The van der Waals surface area contributed by atoms with Crippen LogP contribution in [0.2, 0.25) is 10.6 Å². The van der Waals surface area contributed by atoms with Gasteiger partial charge in [0.25, 0.3) is 32.1 Å². The molecule has 0 atom stereocenters. The van der Waals surface area contributed by atoms with Crippen molar-refractivity contribution in [2.24, 2.45) is 0 Å². The van der Waals surface area contributed by atoms with Gasteiger partial charge in [0.05, 0.1) is 32.1 Å². The lowest BCUT2D eigenvalue weighted by atomic mass is 10.1. The Morgan fingerprint density at radius 3 is 1.56 bits per heavy atom. The van der Waals surface area contributed by atoms with Crippen LogP contribution < -0.4 is 16.2 Å². The van der Waals surface area contributed by atoms with E-state index in [0.29, 0.717) is 10.5 Å². The molecule has 23 nitrogen and oxygen atoms in total. The van der Waals surface area contributed by atoms with Crippen molar-refractivity contribution < 1.29 is 65.7 Å². The molecule has 4 rings (SSSR count). The average Bonchev–Trinajstić information content (AvgIpc) is 3.12. The zero-order chi connectivity index (χ0) is 40.3. The third-order valence-electron chi connectivity index (χ3n) is 6.44. The molecule has 0 spiro atoms. The maximum absolute atomic E-state index is 12.7. The van der Waals surface area contributed by atoms with Crippen molar-refractivity contribution >= 4 is 73.2 Å². The number of rotatable bonds is 20. The molecule has 8 N–H and O–H groups in total. The molecule has 27 heteroatoms. The number of aromatic nitrogens is 6. The maximum atomic E-state index is 12.7. The second kappa shape index (κ2) is 19.5. The summed E-state index contributed by atoms with van der Waals surface area (Å²) in [6.45, 7) is -2.90. The summed E-state index contributed by atoms with van der Waals surface area (Å²) in [5.41, 5.74) is 5.00. The molecule has 0 radical (unpaired) electrons. The summed E-state index contributed by atoms with van der Waals surface area (Å²) in [5, 5.41) is 37.0. The van der Waals surface area contributed by atoms with Gasteiger partial charge < -0.3 is 26.2 Å². The van der Waals surface area contributed by atoms with E-state index in [1.807, 2.05) is 0 Å². The summed E-state index contributed by atoms with van der Waals surface area (Å²) in [7, 11) is -10.1. The van der Waals surface area contributed by atoms with Gasteiger partial charge in [-0.1, -0.05) is 40.8 Å². The van der Waals surface area contributed by atoms with Crippen molar-refractivity contribution in [3.05, 3.63) is 52.0 Å². The second-order valence-corrected chi connectivity index (χ2v) is 13.6. The molecule has 2 heterocycles. The van der Waals surface area contributed by atoms with Crippen LogP contribution in [0.1, 0.15) is 11.1 Å². The van der Waals surface area contributed by atoms with Crippen LogP contribution in [0.25, 0.3) is 34.9 Å². The Kier molecular flexibility index (Phi) is 15.4. The van der Waals surface area contributed by atoms with Gasteiger partial charge in [-0.05, 0) is 46.5 Å². The summed E-state index contributed by atoms with van der Waals surface area (Å²) in [5.74, 6) is -1.31. The first-order valence-corrected chi connectivity index (χ1v) is 18.8. The van der Waals surface area contributed by atoms with Crippen LogP contribution in [-0.4, -0.2) is 129 Å². The lowest BCUT2D eigenvalue weighted by Crippen LogP contribution is -2.29. The van der Waals surface area contributed by atoms with Crippen molar-refractivity contribution in [3.63, 3.8) is 0 Å². The highest BCUT2D eigenvalue weighted by atomic mass is 35.5. The Labute approximate surface area is 321 Å². The lowest BCUT2D eigenvalue weighted by Gasteiger charge is -2.20. The first-order chi connectivity index (χ1) is 26.1. The number of aliphatic hydroxyl groups is 4. The number of nitrogen functional groups attached to an aromatic ring is 1. The van der Waals surface area contributed by atoms with Gasteiger partial charge >= 0.3 is 0 Å². The molecule has 55 heavy (non-hydrogen) atoms. The predicted molar refractivity (Wildman–Crippen MR) is 191 cm³/mol. The number of halogens is 2. The van der Waals surface area contributed by atoms with Gasteiger partial charge in [0.2, 0.25) is 10.6 Å². The monoisotopic (exact) mass is 851 g/mol. The topological polar surface area (TPSA) is 336 Å². The van der Waals surface area contributed by atoms with Gasteiger partial charge in [0.1, 0.15) is 36.2 Å². The molecule has 0 amide bonds. The summed E-state index contributed by atoms with van der Waals surface area (Å²) in [4.78, 5) is 43.1. The highest BCUT2D eigenvalue weighted by molar-refractivity contribution is 7.86. The number of aliphatic hydroxyl groups excluding tert-OH is 4. The Morgan fingerprint density at radius 1 is 0.636 bits per heavy atom. The van der Waals surface area contributed by atoms with E-state index in [1.54, 1.807) is 0 Å². The van der Waals surface area contributed by atoms with Gasteiger partial charge in [0.15, 0.2) is 11.6 Å². The number of nitrogens with two attached hydrogens (primary N) is 1. The lowest BCUT2D eigenvalue weighted by molar-refractivity contribution is -0.106. The minimum Gasteiger partial charge on any atom is -0.397 e. The average molecular weight is 853 g/mol. The Morgan fingerprint density at radius 2 is 1.09 bits per heavy atom. The molecule has 2 aromatic carbocycles. The SMILES string of the molecule is Nc1c(-c2nc(Cl)nc(N(OCCO)OCCO)n2)ccc(C=Cc2ccc(-c3nc(Cl)nc(N(OCCO)OCCO)n3)cc2S(=O)(=O)O)c1S(=O)(=O)O. The van der Waals surface area contributed by atoms with Crippen LogP contribution in [-0.2, 0) is 39.6 Å². The minimum atomic E-state index is -5.12. The molecule has 0 unspecified atom stereocenters. The highest BCUT2D eigenvalue weighted by Gasteiger charge is 2.25. The molecule has 0 saturated heterocycles. The van der Waals surface area contributed by atoms with E-state index in [2.05, 4.69) is 29.9 Å². The molecule has 0 aliphatic rings. The van der Waals surface area contributed by atoms with Gasteiger partial charge in [-0.2, -0.15) is 46.7 Å². The Bertz CT molecular complexity index is 2210. The summed E-state index contributed by atoms with van der Waals surface area (Å²) in [6, 6.07) is 5.91. The minimum absolute atomic E-state index is 0.0238. The highest BCUT2D eigenvalue weighted by Crippen LogP contribution is 2.35. The van der Waals surface area contributed by atoms with Gasteiger partial charge in [-0.25, -0.2) is 19.4 Å². The van der Waals surface area contributed by atoms with Crippen molar-refractivity contribution in [2.45, 2.75) is 9.79 Å². The van der Waals surface area contributed by atoms with Gasteiger partial charge in [0, 0.05) is 11.1 Å². The van der Waals surface area contributed by atoms with Crippen LogP contribution in [0.3, 0.4) is 0 Å². The molecule has 0 fully saturated rings. The standard InChI is InChI=1S/C28H31Cl2N9O14S2/c29-25-32-23(34-27(36-25)38(50-11-7-40)51-12-8-41)18-4-2-16(20(15-18)54(44,45)46)1-3-17-5-6-19(21(31)22(17)55(47,48)49)24-33-26(30)37-28(35-24)39(52-13-9-42)53-14-10-43/h1-6,15,40-43H,7-14,31H2,(H,44,45,46)(H,47,48,49). The largest absolute Gasteiger partial charge is 0.397 e. The molecule has 4 aromatic rings. The third kappa shape index (κ3) is 11.6. The van der Waals surface area contributed by atoms with E-state index in [4.69, 9.17) is 68.7 Å². The summed E-state index contributed by atoms with van der Waals surface area (Å²) >= 11 is 12.1. The molecular weight excluding hydrogens is 821 g/mol. The van der Waals surface area contributed by atoms with Crippen LogP contribution in [0.5, 0.6) is 0 Å². The van der Waals surface area contributed by atoms with E-state index >= 15 is 0 Å². The first-order valence-electron chi connectivity index (χ1n) is 15.2. The zero-order valence-corrected chi connectivity index (χ0v) is 31.0. The fourth-order valence-electron chi connectivity index (χ4n) is 4.34. The Hall–Kier alpha value is -4.32. The first kappa shape index (κ1) is 43.4. The molecule has 0 bridgehead atoms. The van der Waals surface area contributed by atoms with Crippen molar-refractivity contribution in [1.82, 2.24) is 29.9 Å². The van der Waals surface area contributed by atoms with E-state index in [9.17, 15) is 25.9 Å². The molecule has 2 aromatic heterocycles. The normalized spacial score (nSPS) is 12.1. The van der Waals surface area contributed by atoms with E-state index in [-0.39, 0.29) is 66.3 Å². The van der Waals surface area contributed by atoms with E-state index in [1.165, 1.54) is 24.3 Å².